The van der Waals surface area contributed by atoms with Crippen molar-refractivity contribution >= 4 is 39.2 Å². The van der Waals surface area contributed by atoms with Crippen molar-refractivity contribution in [3.8, 4) is 23.0 Å². The summed E-state index contributed by atoms with van der Waals surface area (Å²) in [5.74, 6) is -0.00705. The summed E-state index contributed by atoms with van der Waals surface area (Å²) in [4.78, 5) is 18.5. The van der Waals surface area contributed by atoms with Crippen LogP contribution in [0.4, 0.5) is 14.6 Å². The van der Waals surface area contributed by atoms with Crippen molar-refractivity contribution in [2.24, 2.45) is 0 Å². The van der Waals surface area contributed by atoms with Crippen LogP contribution in [0.15, 0.2) is 18.3 Å². The minimum atomic E-state index is -0.877. The molecule has 4 fully saturated rings. The largest absolute Gasteiger partial charge is 0.508 e. The molecule has 0 unspecified atom stereocenters. The van der Waals surface area contributed by atoms with Gasteiger partial charge in [-0.2, -0.15) is 9.97 Å². The Morgan fingerprint density at radius 1 is 1.09 bits per heavy atom. The summed E-state index contributed by atoms with van der Waals surface area (Å²) >= 11 is 6.74. The predicted octanol–water partition coefficient (Wildman–Crippen LogP) is 4.99. The first kappa shape index (κ1) is 27.1. The van der Waals surface area contributed by atoms with Crippen LogP contribution in [0.3, 0.4) is 0 Å². The number of aryl methyl sites for hydroxylation is 1. The number of aromatic nitrogens is 4. The van der Waals surface area contributed by atoms with E-state index in [9.17, 15) is 9.50 Å². The van der Waals surface area contributed by atoms with Crippen LogP contribution in [-0.2, 0) is 13.0 Å². The molecule has 12 heteroatoms. The van der Waals surface area contributed by atoms with Crippen LogP contribution in [0, 0.1) is 5.82 Å². The molecule has 44 heavy (non-hydrogen) atoms. The van der Waals surface area contributed by atoms with Crippen molar-refractivity contribution in [1.82, 2.24) is 29.7 Å². The molecule has 9 nitrogen and oxygen atoms in total. The third-order valence-electron chi connectivity index (χ3n) is 10.6. The fourth-order valence-corrected chi connectivity index (χ4v) is 9.04. The van der Waals surface area contributed by atoms with Crippen molar-refractivity contribution < 1.29 is 18.6 Å². The summed E-state index contributed by atoms with van der Waals surface area (Å²) in [5, 5.41) is 16.1. The van der Waals surface area contributed by atoms with Gasteiger partial charge in [0.2, 0.25) is 0 Å². The molecule has 0 aliphatic carbocycles. The Kier molecular flexibility index (Phi) is 6.06. The number of phenols is 1. The van der Waals surface area contributed by atoms with E-state index in [4.69, 9.17) is 21.3 Å². The second-order valence-electron chi connectivity index (χ2n) is 13.3. The van der Waals surface area contributed by atoms with Gasteiger partial charge in [-0.05, 0) is 57.2 Å². The van der Waals surface area contributed by atoms with Crippen LogP contribution < -0.4 is 15.0 Å². The van der Waals surface area contributed by atoms with Gasteiger partial charge < -0.3 is 24.6 Å². The summed E-state index contributed by atoms with van der Waals surface area (Å²) < 4.78 is 39.7. The maximum Gasteiger partial charge on any atom is 0.319 e. The zero-order chi connectivity index (χ0) is 29.7. The average molecular weight is 622 g/mol. The quantitative estimate of drug-likeness (QED) is 0.322. The molecule has 0 radical (unpaired) electrons. The number of pyridine rings is 1. The highest BCUT2D eigenvalue weighted by atomic mass is 35.5. The molecule has 5 aliphatic rings. The number of benzene rings is 1. The van der Waals surface area contributed by atoms with Crippen LogP contribution in [0.2, 0.25) is 5.02 Å². The molecule has 4 saturated heterocycles. The van der Waals surface area contributed by atoms with Gasteiger partial charge in [0.1, 0.15) is 35.6 Å². The van der Waals surface area contributed by atoms with E-state index in [1.165, 1.54) is 0 Å². The Bertz CT molecular complexity index is 1820. The summed E-state index contributed by atoms with van der Waals surface area (Å²) in [5.41, 5.74) is 2.05. The molecule has 2 bridgehead atoms. The molecule has 4 aromatic rings. The Morgan fingerprint density at radius 3 is 2.77 bits per heavy atom. The SMILES string of the molecule is Oc1cc(-c2ncc3c(N4C[C@H]5CC[C@@H](C4)N5)nc(OC[C@@]45CCCN4C[C@H](F)C5)nc3c2F)c2c(c1)c(Cl)c1n2CCC1. The van der Waals surface area contributed by atoms with Gasteiger partial charge in [-0.25, -0.2) is 8.78 Å². The lowest BCUT2D eigenvalue weighted by Crippen LogP contribution is -2.51. The minimum Gasteiger partial charge on any atom is -0.508 e. The fraction of sp³-hybridized carbons (Fsp3) is 0.531. The highest BCUT2D eigenvalue weighted by Gasteiger charge is 2.49. The molecule has 3 aromatic heterocycles. The van der Waals surface area contributed by atoms with Gasteiger partial charge in [-0.15, -0.1) is 0 Å². The summed E-state index contributed by atoms with van der Waals surface area (Å²) in [7, 11) is 0. The van der Waals surface area contributed by atoms with Crippen LogP contribution in [-0.4, -0.2) is 86.1 Å². The van der Waals surface area contributed by atoms with Crippen LogP contribution in [0.1, 0.15) is 44.2 Å². The number of nitrogens with zero attached hydrogens (tertiary/aromatic N) is 6. The van der Waals surface area contributed by atoms with Crippen molar-refractivity contribution in [3.05, 3.63) is 34.9 Å². The van der Waals surface area contributed by atoms with Crippen molar-refractivity contribution in [2.75, 3.05) is 37.7 Å². The molecular formula is C32H34ClF2N7O2. The number of piperazine rings is 1. The zero-order valence-electron chi connectivity index (χ0n) is 24.3. The molecule has 9 rings (SSSR count). The standard InChI is InChI=1S/C32H34ClF2N7O2/c33-25-21-9-20(43)10-22(29(21)42-8-1-3-24(25)42)27-26(35)28-23(12-36-27)30(40-14-18-4-5-19(15-40)37-18)39-31(38-28)44-16-32-6-2-7-41(32)13-17(34)11-32/h9-10,12,17-19,37,43H,1-8,11,13-16H2/t17-,18-,19+,32+/m1/s1. The molecule has 1 aromatic carbocycles. The molecule has 8 heterocycles. The van der Waals surface area contributed by atoms with Crippen LogP contribution >= 0.6 is 11.6 Å². The highest BCUT2D eigenvalue weighted by molar-refractivity contribution is 6.37. The van der Waals surface area contributed by atoms with Gasteiger partial charge in [-0.3, -0.25) is 9.88 Å². The number of hydrogen-bond donors (Lipinski definition) is 2. The zero-order valence-corrected chi connectivity index (χ0v) is 25.1. The van der Waals surface area contributed by atoms with E-state index in [1.54, 1.807) is 18.3 Å². The maximum atomic E-state index is 16.9. The number of hydrogen-bond acceptors (Lipinski definition) is 8. The van der Waals surface area contributed by atoms with E-state index in [2.05, 4.69) is 29.7 Å². The third kappa shape index (κ3) is 4.04. The molecule has 5 aliphatic heterocycles. The summed E-state index contributed by atoms with van der Waals surface area (Å²) in [6, 6.07) is 3.95. The molecule has 2 N–H and O–H groups in total. The molecule has 4 atom stereocenters. The smallest absolute Gasteiger partial charge is 0.319 e. The Balaban J connectivity index is 1.18. The Morgan fingerprint density at radius 2 is 1.93 bits per heavy atom. The second kappa shape index (κ2) is 9.86. The highest BCUT2D eigenvalue weighted by Crippen LogP contribution is 2.44. The number of anilines is 1. The molecule has 0 spiro atoms. The number of rotatable bonds is 5. The molecule has 230 valence electrons. The average Bonchev–Trinajstić information content (AvgIpc) is 3.81. The van der Waals surface area contributed by atoms with Gasteiger partial charge in [0.15, 0.2) is 5.82 Å². The number of aromatic hydroxyl groups is 1. The number of fused-ring (bicyclic) bond motifs is 7. The second-order valence-corrected chi connectivity index (χ2v) is 13.7. The number of halogens is 3. The Labute approximate surface area is 258 Å². The van der Waals surface area contributed by atoms with Gasteiger partial charge in [0, 0.05) is 67.5 Å². The first-order valence-corrected chi connectivity index (χ1v) is 16.2. The molecule has 0 amide bonds. The first-order valence-electron chi connectivity index (χ1n) is 15.8. The van der Waals surface area contributed by atoms with E-state index in [0.717, 1.165) is 75.9 Å². The monoisotopic (exact) mass is 621 g/mol. The van der Waals surface area contributed by atoms with Crippen molar-refractivity contribution in [3.63, 3.8) is 0 Å². The number of phenolic OH excluding ortho intramolecular Hbond substituents is 1. The van der Waals surface area contributed by atoms with E-state index < -0.39 is 12.0 Å². The van der Waals surface area contributed by atoms with E-state index >= 15 is 4.39 Å². The first-order chi connectivity index (χ1) is 21.4. The van der Waals surface area contributed by atoms with E-state index in [-0.39, 0.29) is 35.1 Å². The van der Waals surface area contributed by atoms with Gasteiger partial charge in [-0.1, -0.05) is 11.6 Å². The summed E-state index contributed by atoms with van der Waals surface area (Å²) in [6.07, 6.45) is 7.00. The lowest BCUT2D eigenvalue weighted by atomic mass is 9.95. The molecular weight excluding hydrogens is 588 g/mol. The normalized spacial score (nSPS) is 28.0. The topological polar surface area (TPSA) is 91.6 Å². The number of ether oxygens (including phenoxy) is 1. The minimum absolute atomic E-state index is 0.00762. The van der Waals surface area contributed by atoms with Crippen molar-refractivity contribution in [1.29, 1.82) is 0 Å². The van der Waals surface area contributed by atoms with Gasteiger partial charge >= 0.3 is 6.01 Å². The summed E-state index contributed by atoms with van der Waals surface area (Å²) in [6.45, 7) is 3.79. The number of alkyl halides is 1. The van der Waals surface area contributed by atoms with E-state index in [0.29, 0.717) is 52.2 Å². The van der Waals surface area contributed by atoms with Crippen molar-refractivity contribution in [2.45, 2.75) is 75.3 Å². The Hall–Kier alpha value is -3.28. The van der Waals surface area contributed by atoms with Gasteiger partial charge in [0.25, 0.3) is 0 Å². The lowest BCUT2D eigenvalue weighted by molar-refractivity contribution is 0.107. The lowest BCUT2D eigenvalue weighted by Gasteiger charge is -2.34. The van der Waals surface area contributed by atoms with Crippen LogP contribution in [0.25, 0.3) is 33.1 Å². The van der Waals surface area contributed by atoms with Crippen LogP contribution in [0.5, 0.6) is 11.8 Å². The maximum absolute atomic E-state index is 16.9. The van der Waals surface area contributed by atoms with E-state index in [1.807, 2.05) is 0 Å². The molecule has 0 saturated carbocycles. The van der Waals surface area contributed by atoms with Gasteiger partial charge in [0.05, 0.1) is 21.5 Å². The third-order valence-corrected chi connectivity index (χ3v) is 11.0. The predicted molar refractivity (Wildman–Crippen MR) is 164 cm³/mol. The number of nitrogens with one attached hydrogen (secondary N) is 1. The fourth-order valence-electron chi connectivity index (χ4n) is 8.70.